The highest BCUT2D eigenvalue weighted by Crippen LogP contribution is 2.29. The number of imidazole rings is 1. The molecular weight excluding hydrogens is 314 g/mol. The summed E-state index contributed by atoms with van der Waals surface area (Å²) in [7, 11) is 0. The van der Waals surface area contributed by atoms with E-state index in [0.29, 0.717) is 5.92 Å². The van der Waals surface area contributed by atoms with Crippen LogP contribution in [-0.2, 0) is 0 Å². The summed E-state index contributed by atoms with van der Waals surface area (Å²) in [5, 5.41) is 13.2. The van der Waals surface area contributed by atoms with Gasteiger partial charge in [0.15, 0.2) is 11.5 Å². The van der Waals surface area contributed by atoms with E-state index >= 15 is 0 Å². The predicted octanol–water partition coefficient (Wildman–Crippen LogP) is 2.69. The summed E-state index contributed by atoms with van der Waals surface area (Å²) in [6.45, 7) is 3.89. The van der Waals surface area contributed by atoms with Gasteiger partial charge >= 0.3 is 0 Å². The molecule has 1 N–H and O–H groups in total. The Hall–Kier alpha value is -2.96. The van der Waals surface area contributed by atoms with Gasteiger partial charge in [-0.25, -0.2) is 4.98 Å². The first-order valence-electron chi connectivity index (χ1n) is 8.66. The van der Waals surface area contributed by atoms with Crippen LogP contribution < -0.4 is 4.90 Å². The number of benzene rings is 1. The van der Waals surface area contributed by atoms with Gasteiger partial charge in [-0.3, -0.25) is 0 Å². The summed E-state index contributed by atoms with van der Waals surface area (Å²) >= 11 is 0. The second kappa shape index (κ2) is 5.54. The van der Waals surface area contributed by atoms with Gasteiger partial charge in [-0.1, -0.05) is 12.1 Å². The molecule has 5 rings (SSSR count). The molecule has 1 aliphatic rings. The van der Waals surface area contributed by atoms with Crippen molar-refractivity contribution in [2.45, 2.75) is 25.7 Å². The van der Waals surface area contributed by atoms with Crippen LogP contribution in [0.15, 0.2) is 36.4 Å². The quantitative estimate of drug-likeness (QED) is 0.610. The number of piperidine rings is 1. The van der Waals surface area contributed by atoms with E-state index < -0.39 is 0 Å². The lowest BCUT2D eigenvalue weighted by molar-refractivity contribution is 0.473. The van der Waals surface area contributed by atoms with E-state index in [0.717, 1.165) is 60.1 Å². The minimum absolute atomic E-state index is 0.380. The smallest absolute Gasteiger partial charge is 0.203 e. The lowest BCUT2D eigenvalue weighted by Gasteiger charge is -2.30. The first kappa shape index (κ1) is 14.4. The molecular formula is C18H19N7. The Morgan fingerprint density at radius 3 is 2.72 bits per heavy atom. The molecule has 1 aliphatic heterocycles. The molecule has 1 fully saturated rings. The zero-order chi connectivity index (χ0) is 16.8. The highest BCUT2D eigenvalue weighted by atomic mass is 15.4. The minimum Gasteiger partial charge on any atom is -0.342 e. The largest absolute Gasteiger partial charge is 0.342 e. The fourth-order valence-electron chi connectivity index (χ4n) is 3.59. The molecule has 0 spiro atoms. The molecule has 0 saturated carbocycles. The fourth-order valence-corrected chi connectivity index (χ4v) is 3.59. The van der Waals surface area contributed by atoms with Gasteiger partial charge in [-0.2, -0.15) is 9.61 Å². The molecule has 1 aromatic carbocycles. The van der Waals surface area contributed by atoms with Gasteiger partial charge < -0.3 is 9.88 Å². The monoisotopic (exact) mass is 333 g/mol. The molecule has 0 radical (unpaired) electrons. The van der Waals surface area contributed by atoms with Gasteiger partial charge in [-0.15, -0.1) is 10.2 Å². The van der Waals surface area contributed by atoms with Gasteiger partial charge in [0, 0.05) is 19.0 Å². The lowest BCUT2D eigenvalue weighted by atomic mass is 9.96. The highest BCUT2D eigenvalue weighted by molar-refractivity contribution is 5.77. The Kier molecular flexibility index (Phi) is 3.19. The predicted molar refractivity (Wildman–Crippen MR) is 95.8 cm³/mol. The van der Waals surface area contributed by atoms with Gasteiger partial charge in [0.25, 0.3) is 0 Å². The number of hydrogen-bond donors (Lipinski definition) is 1. The normalized spacial score (nSPS) is 16.1. The van der Waals surface area contributed by atoms with Crippen molar-refractivity contribution in [1.82, 2.24) is 29.8 Å². The molecule has 0 bridgehead atoms. The number of para-hydroxylation sites is 2. The number of nitrogens with one attached hydrogen (secondary N) is 1. The van der Waals surface area contributed by atoms with Crippen molar-refractivity contribution < 1.29 is 0 Å². The van der Waals surface area contributed by atoms with Crippen molar-refractivity contribution in [3.63, 3.8) is 0 Å². The number of nitrogens with zero attached hydrogens (tertiary/aromatic N) is 6. The van der Waals surface area contributed by atoms with E-state index in [1.165, 1.54) is 0 Å². The molecule has 0 aliphatic carbocycles. The van der Waals surface area contributed by atoms with Crippen molar-refractivity contribution in [3.8, 4) is 0 Å². The summed E-state index contributed by atoms with van der Waals surface area (Å²) in [6.07, 6.45) is 2.04. The van der Waals surface area contributed by atoms with Gasteiger partial charge in [0.2, 0.25) is 5.95 Å². The number of aryl methyl sites for hydroxylation is 1. The maximum absolute atomic E-state index is 4.71. The van der Waals surface area contributed by atoms with Gasteiger partial charge in [0.1, 0.15) is 0 Å². The summed E-state index contributed by atoms with van der Waals surface area (Å²) < 4.78 is 1.90. The van der Waals surface area contributed by atoms with Crippen LogP contribution in [-0.4, -0.2) is 42.9 Å². The Morgan fingerprint density at radius 2 is 1.88 bits per heavy atom. The number of aromatic amines is 1. The Labute approximate surface area is 144 Å². The molecule has 1 saturated heterocycles. The molecule has 4 heterocycles. The number of H-pyrrole nitrogens is 1. The molecule has 7 nitrogen and oxygen atoms in total. The van der Waals surface area contributed by atoms with Crippen molar-refractivity contribution in [1.29, 1.82) is 0 Å². The third-order valence-corrected chi connectivity index (χ3v) is 4.96. The number of rotatable bonds is 2. The number of aromatic nitrogens is 6. The first-order valence-corrected chi connectivity index (χ1v) is 8.66. The third-order valence-electron chi connectivity index (χ3n) is 4.96. The summed E-state index contributed by atoms with van der Waals surface area (Å²) in [5.74, 6) is 2.31. The van der Waals surface area contributed by atoms with Gasteiger partial charge in [0.05, 0.1) is 16.7 Å². The summed E-state index contributed by atoms with van der Waals surface area (Å²) in [4.78, 5) is 10.4. The lowest BCUT2D eigenvalue weighted by Crippen LogP contribution is -2.34. The zero-order valence-corrected chi connectivity index (χ0v) is 14.1. The van der Waals surface area contributed by atoms with Crippen LogP contribution in [0.1, 0.15) is 30.3 Å². The highest BCUT2D eigenvalue weighted by Gasteiger charge is 2.26. The van der Waals surface area contributed by atoms with Crippen LogP contribution in [0.5, 0.6) is 0 Å². The Morgan fingerprint density at radius 1 is 1.04 bits per heavy atom. The van der Waals surface area contributed by atoms with Crippen molar-refractivity contribution >= 4 is 22.6 Å². The van der Waals surface area contributed by atoms with Crippen LogP contribution >= 0.6 is 0 Å². The van der Waals surface area contributed by atoms with E-state index in [2.05, 4.69) is 31.2 Å². The van der Waals surface area contributed by atoms with Crippen molar-refractivity contribution in [2.75, 3.05) is 18.0 Å². The fraction of sp³-hybridized carbons (Fsp3) is 0.333. The van der Waals surface area contributed by atoms with Gasteiger partial charge in [-0.05, 0) is 44.0 Å². The molecule has 0 amide bonds. The average Bonchev–Trinajstić information content (AvgIpc) is 3.25. The minimum atomic E-state index is 0.380. The van der Waals surface area contributed by atoms with Crippen LogP contribution in [0.25, 0.3) is 16.7 Å². The van der Waals surface area contributed by atoms with Crippen LogP contribution in [0, 0.1) is 6.92 Å². The maximum Gasteiger partial charge on any atom is 0.203 e. The van der Waals surface area contributed by atoms with Crippen LogP contribution in [0.3, 0.4) is 0 Å². The van der Waals surface area contributed by atoms with Crippen LogP contribution in [0.4, 0.5) is 5.95 Å². The summed E-state index contributed by atoms with van der Waals surface area (Å²) in [6, 6.07) is 12.1. The van der Waals surface area contributed by atoms with E-state index in [1.807, 2.05) is 41.8 Å². The second-order valence-electron chi connectivity index (χ2n) is 6.64. The molecule has 0 unspecified atom stereocenters. The number of fused-ring (bicyclic) bond motifs is 2. The maximum atomic E-state index is 4.71. The standard InChI is InChI=1S/C18H19N7/c1-12-6-7-16-21-22-17(25(16)23-12)13-8-10-24(11-9-13)18-19-14-4-2-3-5-15(14)20-18/h2-7,13H,8-11H2,1H3,(H,19,20). The van der Waals surface area contributed by atoms with E-state index in [-0.39, 0.29) is 0 Å². The van der Waals surface area contributed by atoms with Crippen molar-refractivity contribution in [2.24, 2.45) is 0 Å². The number of hydrogen-bond acceptors (Lipinski definition) is 5. The molecule has 126 valence electrons. The SMILES string of the molecule is Cc1ccc2nnc(C3CCN(c4nc5ccccc5[nH]4)CC3)n2n1. The van der Waals surface area contributed by atoms with E-state index in [9.17, 15) is 0 Å². The van der Waals surface area contributed by atoms with Crippen molar-refractivity contribution in [3.05, 3.63) is 47.9 Å². The molecule has 3 aromatic heterocycles. The summed E-state index contributed by atoms with van der Waals surface area (Å²) in [5.41, 5.74) is 3.90. The Balaban J connectivity index is 1.37. The topological polar surface area (TPSA) is 75.0 Å². The molecule has 0 atom stereocenters. The molecule has 25 heavy (non-hydrogen) atoms. The van der Waals surface area contributed by atoms with E-state index in [4.69, 9.17) is 4.98 Å². The second-order valence-corrected chi connectivity index (χ2v) is 6.64. The molecule has 4 aromatic rings. The third kappa shape index (κ3) is 2.43. The zero-order valence-electron chi connectivity index (χ0n) is 14.1. The Bertz CT molecular complexity index is 1010. The van der Waals surface area contributed by atoms with E-state index in [1.54, 1.807) is 0 Å². The first-order chi connectivity index (χ1) is 12.3. The van der Waals surface area contributed by atoms with Crippen LogP contribution in [0.2, 0.25) is 0 Å². The average molecular weight is 333 g/mol. The molecule has 7 heteroatoms. The number of anilines is 1.